The van der Waals surface area contributed by atoms with E-state index in [1.807, 2.05) is 0 Å². The summed E-state index contributed by atoms with van der Waals surface area (Å²) in [5, 5.41) is 4.02. The van der Waals surface area contributed by atoms with Gasteiger partial charge in [-0.05, 0) is 23.7 Å². The summed E-state index contributed by atoms with van der Waals surface area (Å²) in [6.45, 7) is 3.23. The summed E-state index contributed by atoms with van der Waals surface area (Å²) in [4.78, 5) is 0. The second-order valence-electron chi connectivity index (χ2n) is 6.86. The van der Waals surface area contributed by atoms with E-state index in [9.17, 15) is 0 Å². The van der Waals surface area contributed by atoms with Crippen molar-refractivity contribution in [1.82, 2.24) is 5.32 Å². The molecule has 2 aromatic rings. The molecule has 0 bridgehead atoms. The molecule has 1 fully saturated rings. The lowest BCUT2D eigenvalue weighted by Gasteiger charge is -2.43. The van der Waals surface area contributed by atoms with Gasteiger partial charge in [0.1, 0.15) is 0 Å². The van der Waals surface area contributed by atoms with Crippen molar-refractivity contribution < 1.29 is 13.3 Å². The fraction of sp³-hybridized carbons (Fsp3) is 0.429. The summed E-state index contributed by atoms with van der Waals surface area (Å²) in [5.74, 6) is 0. The monoisotopic (exact) mass is 400 g/mol. The lowest BCUT2D eigenvalue weighted by Crippen LogP contribution is -2.59. The molecule has 1 unspecified atom stereocenters. The SMILES string of the molecule is CCC([Si]1CCNC1(c1ccccc1)c1ccccc1)[Si](OC)(OC)OC. The Labute approximate surface area is 165 Å². The fourth-order valence-electron chi connectivity index (χ4n) is 4.63. The quantitative estimate of drug-likeness (QED) is 0.685. The molecular formula is C21H30NO3Si2. The van der Waals surface area contributed by atoms with Crippen LogP contribution in [0, 0.1) is 0 Å². The molecule has 1 heterocycles. The Balaban J connectivity index is 2.18. The Morgan fingerprint density at radius 2 is 1.41 bits per heavy atom. The zero-order valence-corrected chi connectivity index (χ0v) is 18.7. The Morgan fingerprint density at radius 1 is 0.926 bits per heavy atom. The van der Waals surface area contributed by atoms with Gasteiger partial charge in [0, 0.05) is 26.5 Å². The number of hydrogen-bond donors (Lipinski definition) is 1. The summed E-state index contributed by atoms with van der Waals surface area (Å²) in [6, 6.07) is 22.8. The van der Waals surface area contributed by atoms with Crippen molar-refractivity contribution in [2.45, 2.75) is 29.7 Å². The normalized spacial score (nSPS) is 18.5. The van der Waals surface area contributed by atoms with Gasteiger partial charge >= 0.3 is 8.80 Å². The molecule has 0 aliphatic carbocycles. The summed E-state index contributed by atoms with van der Waals surface area (Å²) in [7, 11) is 1.42. The minimum atomic E-state index is -2.76. The number of benzene rings is 2. The third-order valence-corrected chi connectivity index (χ3v) is 14.6. The molecule has 6 heteroatoms. The molecule has 2 aromatic carbocycles. The lowest BCUT2D eigenvalue weighted by atomic mass is 9.97. The highest BCUT2D eigenvalue weighted by molar-refractivity contribution is 6.83. The van der Waals surface area contributed by atoms with E-state index in [-0.39, 0.29) is 10.3 Å². The third-order valence-electron chi connectivity index (χ3n) is 5.79. The van der Waals surface area contributed by atoms with Gasteiger partial charge in [0.25, 0.3) is 0 Å². The molecule has 3 rings (SSSR count). The van der Waals surface area contributed by atoms with Crippen LogP contribution in [0.15, 0.2) is 60.7 Å². The van der Waals surface area contributed by atoms with Crippen LogP contribution in [0.2, 0.25) is 11.2 Å². The maximum atomic E-state index is 5.96. The van der Waals surface area contributed by atoms with E-state index < -0.39 is 17.6 Å². The fourth-order valence-corrected chi connectivity index (χ4v) is 13.9. The molecule has 0 aromatic heterocycles. The molecule has 1 N–H and O–H groups in total. The highest BCUT2D eigenvalue weighted by atomic mass is 28.4. The van der Waals surface area contributed by atoms with Gasteiger partial charge in [0.15, 0.2) is 0 Å². The first kappa shape index (κ1) is 20.4. The van der Waals surface area contributed by atoms with E-state index in [1.165, 1.54) is 11.1 Å². The van der Waals surface area contributed by atoms with Crippen LogP contribution in [0.25, 0.3) is 0 Å². The van der Waals surface area contributed by atoms with Gasteiger partial charge in [0.2, 0.25) is 0 Å². The topological polar surface area (TPSA) is 39.7 Å². The molecule has 145 valence electrons. The average Bonchev–Trinajstić information content (AvgIpc) is 3.19. The highest BCUT2D eigenvalue weighted by Gasteiger charge is 2.59. The molecule has 1 aliphatic rings. The van der Waals surface area contributed by atoms with Crippen LogP contribution >= 0.6 is 0 Å². The van der Waals surface area contributed by atoms with Gasteiger partial charge in [-0.3, -0.25) is 0 Å². The molecular weight excluding hydrogens is 370 g/mol. The molecule has 1 atom stereocenters. The first-order chi connectivity index (χ1) is 13.2. The van der Waals surface area contributed by atoms with Gasteiger partial charge in [-0.25, -0.2) is 0 Å². The Kier molecular flexibility index (Phi) is 6.67. The van der Waals surface area contributed by atoms with Crippen LogP contribution in [0.3, 0.4) is 0 Å². The van der Waals surface area contributed by atoms with E-state index in [0.717, 1.165) is 19.0 Å². The predicted octanol–water partition coefficient (Wildman–Crippen LogP) is 3.76. The van der Waals surface area contributed by atoms with Gasteiger partial charge in [-0.1, -0.05) is 74.0 Å². The average molecular weight is 401 g/mol. The Bertz CT molecular complexity index is 662. The van der Waals surface area contributed by atoms with Crippen molar-refractivity contribution in [3.8, 4) is 0 Å². The smallest absolute Gasteiger partial charge is 0.377 e. The molecule has 0 amide bonds. The summed E-state index contributed by atoms with van der Waals surface area (Å²) < 4.78 is 17.9. The molecule has 1 radical (unpaired) electrons. The number of nitrogens with one attached hydrogen (secondary N) is 1. The largest absolute Gasteiger partial charge is 0.500 e. The van der Waals surface area contributed by atoms with Crippen molar-refractivity contribution in [3.63, 3.8) is 0 Å². The number of rotatable bonds is 8. The second kappa shape index (κ2) is 8.81. The van der Waals surface area contributed by atoms with E-state index in [1.54, 1.807) is 21.3 Å². The van der Waals surface area contributed by atoms with Crippen LogP contribution in [0.1, 0.15) is 24.5 Å². The second-order valence-corrected chi connectivity index (χ2v) is 13.6. The minimum absolute atomic E-state index is 0.179. The zero-order valence-electron chi connectivity index (χ0n) is 16.7. The van der Waals surface area contributed by atoms with Crippen molar-refractivity contribution in [1.29, 1.82) is 0 Å². The maximum Gasteiger partial charge on any atom is 0.500 e. The number of hydrogen-bond acceptors (Lipinski definition) is 4. The third kappa shape index (κ3) is 3.46. The predicted molar refractivity (Wildman–Crippen MR) is 113 cm³/mol. The summed E-state index contributed by atoms with van der Waals surface area (Å²) in [5.41, 5.74) is 2.65. The van der Waals surface area contributed by atoms with Crippen molar-refractivity contribution >= 4 is 17.6 Å². The summed E-state index contributed by atoms with van der Waals surface area (Å²) in [6.07, 6.45) is 0.985. The van der Waals surface area contributed by atoms with Crippen molar-refractivity contribution in [3.05, 3.63) is 71.8 Å². The first-order valence-corrected chi connectivity index (χ1v) is 13.1. The van der Waals surface area contributed by atoms with Crippen LogP contribution in [-0.4, -0.2) is 45.5 Å². The zero-order chi connectivity index (χ0) is 19.3. The van der Waals surface area contributed by atoms with E-state index >= 15 is 0 Å². The summed E-state index contributed by atoms with van der Waals surface area (Å²) >= 11 is 0. The van der Waals surface area contributed by atoms with E-state index in [2.05, 4.69) is 72.9 Å². The molecule has 27 heavy (non-hydrogen) atoms. The van der Waals surface area contributed by atoms with Gasteiger partial charge in [0.05, 0.1) is 14.0 Å². The minimum Gasteiger partial charge on any atom is -0.377 e. The molecule has 0 spiro atoms. The Morgan fingerprint density at radius 3 is 1.81 bits per heavy atom. The molecule has 0 saturated carbocycles. The van der Waals surface area contributed by atoms with Gasteiger partial charge in [-0.15, -0.1) is 0 Å². The maximum absolute atomic E-state index is 5.96. The van der Waals surface area contributed by atoms with Gasteiger partial charge in [-0.2, -0.15) is 0 Å². The Hall–Kier alpha value is -1.29. The van der Waals surface area contributed by atoms with Crippen molar-refractivity contribution in [2.24, 2.45) is 0 Å². The molecule has 1 aliphatic heterocycles. The van der Waals surface area contributed by atoms with Crippen LogP contribution < -0.4 is 5.32 Å². The van der Waals surface area contributed by atoms with Crippen LogP contribution in [0.5, 0.6) is 0 Å². The van der Waals surface area contributed by atoms with Crippen LogP contribution in [-0.2, 0) is 18.4 Å². The van der Waals surface area contributed by atoms with E-state index in [0.29, 0.717) is 0 Å². The van der Waals surface area contributed by atoms with Crippen LogP contribution in [0.4, 0.5) is 0 Å². The molecule has 1 saturated heterocycles. The standard InChI is InChI=1S/C21H30NO3Si2/c1-5-20(27(23-2,24-3)25-4)26-17-16-22-21(26,18-12-8-6-9-13-18)19-14-10-7-11-15-19/h6-15,20,22H,5,16-17H2,1-4H3. The highest BCUT2D eigenvalue weighted by Crippen LogP contribution is 2.46. The lowest BCUT2D eigenvalue weighted by molar-refractivity contribution is 0.118. The van der Waals surface area contributed by atoms with Gasteiger partial charge < -0.3 is 18.6 Å². The van der Waals surface area contributed by atoms with E-state index in [4.69, 9.17) is 13.3 Å². The first-order valence-electron chi connectivity index (χ1n) is 9.56. The van der Waals surface area contributed by atoms with Crippen molar-refractivity contribution in [2.75, 3.05) is 27.9 Å². The molecule has 4 nitrogen and oxygen atoms in total.